The number of sulfonamides is 1. The summed E-state index contributed by atoms with van der Waals surface area (Å²) in [5.41, 5.74) is 1.22. The molecule has 6 nitrogen and oxygen atoms in total. The zero-order chi connectivity index (χ0) is 23.0. The molecule has 1 amide bonds. The summed E-state index contributed by atoms with van der Waals surface area (Å²) in [5, 5.41) is 3.00. The molecule has 0 saturated heterocycles. The topological polar surface area (TPSA) is 75.7 Å². The molecular formula is C23H29FN2O4S. The molecule has 3 rings (SSSR count). The van der Waals surface area contributed by atoms with Gasteiger partial charge in [0.05, 0.1) is 18.0 Å². The van der Waals surface area contributed by atoms with Crippen molar-refractivity contribution in [2.75, 3.05) is 10.6 Å². The fourth-order valence-electron chi connectivity index (χ4n) is 4.04. The maximum Gasteiger partial charge on any atom is 0.244 e. The van der Waals surface area contributed by atoms with Gasteiger partial charge >= 0.3 is 0 Å². The van der Waals surface area contributed by atoms with Gasteiger partial charge < -0.3 is 10.1 Å². The molecule has 0 fully saturated rings. The Morgan fingerprint density at radius 3 is 2.58 bits per heavy atom. The highest BCUT2D eigenvalue weighted by Gasteiger charge is 2.38. The van der Waals surface area contributed by atoms with E-state index in [1.165, 1.54) is 18.2 Å². The van der Waals surface area contributed by atoms with Gasteiger partial charge in [0.25, 0.3) is 0 Å². The van der Waals surface area contributed by atoms with Crippen molar-refractivity contribution >= 4 is 21.6 Å². The number of aryl methyl sites for hydroxylation is 1. The summed E-state index contributed by atoms with van der Waals surface area (Å²) in [7, 11) is -3.92. The number of amides is 1. The van der Waals surface area contributed by atoms with Gasteiger partial charge in [0.2, 0.25) is 15.9 Å². The van der Waals surface area contributed by atoms with Crippen molar-refractivity contribution in [3.8, 4) is 5.75 Å². The number of anilines is 1. The van der Waals surface area contributed by atoms with Crippen LogP contribution in [-0.2, 0) is 14.8 Å². The first-order valence-electron chi connectivity index (χ1n) is 10.3. The van der Waals surface area contributed by atoms with E-state index in [-0.39, 0.29) is 18.2 Å². The lowest BCUT2D eigenvalue weighted by Gasteiger charge is -2.39. The van der Waals surface area contributed by atoms with Gasteiger partial charge in [-0.15, -0.1) is 0 Å². The van der Waals surface area contributed by atoms with E-state index in [4.69, 9.17) is 4.74 Å². The zero-order valence-electron chi connectivity index (χ0n) is 18.5. The van der Waals surface area contributed by atoms with Crippen LogP contribution >= 0.6 is 0 Å². The summed E-state index contributed by atoms with van der Waals surface area (Å²) in [4.78, 5) is 13.3. The number of nitrogens with one attached hydrogen (secondary N) is 1. The third-order valence-corrected chi connectivity index (χ3v) is 6.52. The van der Waals surface area contributed by atoms with E-state index in [9.17, 15) is 17.6 Å². The van der Waals surface area contributed by atoms with Crippen LogP contribution in [0.4, 0.5) is 10.1 Å². The minimum atomic E-state index is -3.92. The van der Waals surface area contributed by atoms with Crippen LogP contribution in [-0.4, -0.2) is 32.2 Å². The van der Waals surface area contributed by atoms with E-state index < -0.39 is 33.4 Å². The summed E-state index contributed by atoms with van der Waals surface area (Å²) >= 11 is 0. The number of benzene rings is 2. The van der Waals surface area contributed by atoms with Crippen LogP contribution in [0.5, 0.6) is 5.75 Å². The SMILES string of the molecule is CC[C@H](C(=O)N[C@@H]1CC(C)(C)Oc2ccc(C)cc21)N(c1ccccc1F)S(C)(=O)=O. The van der Waals surface area contributed by atoms with Gasteiger partial charge in [-0.1, -0.05) is 36.8 Å². The second-order valence-corrected chi connectivity index (χ2v) is 10.5. The molecule has 0 unspecified atom stereocenters. The van der Waals surface area contributed by atoms with Crippen molar-refractivity contribution in [1.29, 1.82) is 0 Å². The second-order valence-electron chi connectivity index (χ2n) is 8.60. The molecule has 31 heavy (non-hydrogen) atoms. The van der Waals surface area contributed by atoms with Crippen molar-refractivity contribution in [3.63, 3.8) is 0 Å². The predicted molar refractivity (Wildman–Crippen MR) is 119 cm³/mol. The van der Waals surface area contributed by atoms with E-state index in [0.29, 0.717) is 12.2 Å². The predicted octanol–water partition coefficient (Wildman–Crippen LogP) is 4.10. The Hall–Kier alpha value is -2.61. The molecule has 1 N–H and O–H groups in total. The standard InChI is InChI=1S/C23H29FN2O4S/c1-6-19(26(31(5,28)29)20-10-8-7-9-17(20)24)22(27)25-18-14-23(3,4)30-21-12-11-15(2)13-16(18)21/h7-13,18-19H,6,14H2,1-5H3,(H,25,27)/t18-,19-/m1/s1. The van der Waals surface area contributed by atoms with E-state index in [0.717, 1.165) is 21.7 Å². The number of ether oxygens (including phenoxy) is 1. The number of para-hydroxylation sites is 1. The summed E-state index contributed by atoms with van der Waals surface area (Å²) in [6.07, 6.45) is 1.68. The van der Waals surface area contributed by atoms with Crippen LogP contribution in [0.2, 0.25) is 0 Å². The number of rotatable bonds is 6. The Balaban J connectivity index is 1.97. The molecule has 0 saturated carbocycles. The third kappa shape index (κ3) is 5.01. The molecule has 0 radical (unpaired) electrons. The van der Waals surface area contributed by atoms with Crippen LogP contribution in [0, 0.1) is 12.7 Å². The molecule has 0 spiro atoms. The van der Waals surface area contributed by atoms with Gasteiger partial charge in [-0.25, -0.2) is 12.8 Å². The first-order valence-corrected chi connectivity index (χ1v) is 12.1. The maximum atomic E-state index is 14.5. The number of carbonyl (C=O) groups is 1. The molecule has 1 heterocycles. The minimum absolute atomic E-state index is 0.143. The van der Waals surface area contributed by atoms with Crippen LogP contribution < -0.4 is 14.4 Å². The van der Waals surface area contributed by atoms with Gasteiger partial charge in [0, 0.05) is 12.0 Å². The Bertz CT molecular complexity index is 1080. The van der Waals surface area contributed by atoms with E-state index in [1.807, 2.05) is 39.0 Å². The molecule has 0 aliphatic carbocycles. The first-order chi connectivity index (χ1) is 14.4. The van der Waals surface area contributed by atoms with E-state index in [2.05, 4.69) is 5.32 Å². The third-order valence-electron chi connectivity index (χ3n) is 5.36. The Kier molecular flexibility index (Phi) is 6.32. The Labute approximate surface area is 183 Å². The van der Waals surface area contributed by atoms with Crippen molar-refractivity contribution < 1.29 is 22.3 Å². The van der Waals surface area contributed by atoms with Gasteiger partial charge in [0.1, 0.15) is 23.2 Å². The first kappa shape index (κ1) is 23.1. The van der Waals surface area contributed by atoms with E-state index >= 15 is 0 Å². The lowest BCUT2D eigenvalue weighted by atomic mass is 9.88. The van der Waals surface area contributed by atoms with Gasteiger partial charge in [-0.2, -0.15) is 0 Å². The number of fused-ring (bicyclic) bond motifs is 1. The number of nitrogens with zero attached hydrogens (tertiary/aromatic N) is 1. The lowest BCUT2D eigenvalue weighted by molar-refractivity contribution is -0.123. The highest BCUT2D eigenvalue weighted by atomic mass is 32.2. The summed E-state index contributed by atoms with van der Waals surface area (Å²) in [6, 6.07) is 9.89. The number of hydrogen-bond donors (Lipinski definition) is 1. The normalized spacial score (nSPS) is 18.5. The quantitative estimate of drug-likeness (QED) is 0.722. The molecule has 2 aromatic rings. The minimum Gasteiger partial charge on any atom is -0.487 e. The fourth-order valence-corrected chi connectivity index (χ4v) is 5.25. The van der Waals surface area contributed by atoms with Gasteiger partial charge in [-0.05, 0) is 45.4 Å². The molecular weight excluding hydrogens is 419 g/mol. The maximum absolute atomic E-state index is 14.5. The number of halogens is 1. The highest BCUT2D eigenvalue weighted by molar-refractivity contribution is 7.92. The summed E-state index contributed by atoms with van der Waals surface area (Å²) in [5.74, 6) is -0.493. The highest BCUT2D eigenvalue weighted by Crippen LogP contribution is 2.40. The van der Waals surface area contributed by atoms with E-state index in [1.54, 1.807) is 13.0 Å². The molecule has 168 valence electrons. The van der Waals surface area contributed by atoms with Crippen molar-refractivity contribution in [2.45, 2.75) is 58.2 Å². The summed E-state index contributed by atoms with van der Waals surface area (Å²) in [6.45, 7) is 7.54. The van der Waals surface area contributed by atoms with Crippen LogP contribution in [0.1, 0.15) is 50.8 Å². The van der Waals surface area contributed by atoms with Crippen LogP contribution in [0.3, 0.4) is 0 Å². The second kappa shape index (κ2) is 8.49. The van der Waals surface area contributed by atoms with Crippen molar-refractivity contribution in [1.82, 2.24) is 5.32 Å². The fraction of sp³-hybridized carbons (Fsp3) is 0.435. The Morgan fingerprint density at radius 1 is 1.29 bits per heavy atom. The average molecular weight is 449 g/mol. The average Bonchev–Trinajstić information content (AvgIpc) is 2.66. The molecule has 0 bridgehead atoms. The molecule has 1 aliphatic heterocycles. The molecule has 0 aromatic heterocycles. The molecule has 1 aliphatic rings. The summed E-state index contributed by atoms with van der Waals surface area (Å²) < 4.78 is 46.6. The Morgan fingerprint density at radius 2 is 1.97 bits per heavy atom. The zero-order valence-corrected chi connectivity index (χ0v) is 19.3. The largest absolute Gasteiger partial charge is 0.487 e. The monoisotopic (exact) mass is 448 g/mol. The van der Waals surface area contributed by atoms with Crippen LogP contribution in [0.25, 0.3) is 0 Å². The molecule has 8 heteroatoms. The molecule has 2 atom stereocenters. The van der Waals surface area contributed by atoms with Crippen LogP contribution in [0.15, 0.2) is 42.5 Å². The number of hydrogen-bond acceptors (Lipinski definition) is 4. The van der Waals surface area contributed by atoms with Gasteiger partial charge in [-0.3, -0.25) is 9.10 Å². The molecule has 2 aromatic carbocycles. The van der Waals surface area contributed by atoms with Crippen molar-refractivity contribution in [3.05, 3.63) is 59.4 Å². The van der Waals surface area contributed by atoms with Gasteiger partial charge in [0.15, 0.2) is 0 Å². The smallest absolute Gasteiger partial charge is 0.244 e. The number of carbonyl (C=O) groups excluding carboxylic acids is 1. The lowest BCUT2D eigenvalue weighted by Crippen LogP contribution is -2.51. The van der Waals surface area contributed by atoms with Crippen molar-refractivity contribution in [2.24, 2.45) is 0 Å².